The maximum absolute atomic E-state index is 13.9. The molecule has 0 atom stereocenters. The highest BCUT2D eigenvalue weighted by atomic mass is 19.1. The SMILES string of the molecule is O=C(NCc1nnc2n1CCN(Cc1ccc(F)cc1F)CC2)C1CC1. The van der Waals surface area contributed by atoms with Crippen LogP contribution in [0.3, 0.4) is 0 Å². The largest absolute Gasteiger partial charge is 0.349 e. The Morgan fingerprint density at radius 1 is 1.19 bits per heavy atom. The van der Waals surface area contributed by atoms with E-state index in [-0.39, 0.29) is 11.8 Å². The van der Waals surface area contributed by atoms with Gasteiger partial charge in [0.25, 0.3) is 0 Å². The van der Waals surface area contributed by atoms with E-state index < -0.39 is 11.6 Å². The van der Waals surface area contributed by atoms with Gasteiger partial charge in [0.05, 0.1) is 6.54 Å². The van der Waals surface area contributed by atoms with E-state index in [0.29, 0.717) is 38.2 Å². The maximum atomic E-state index is 13.9. The number of halogens is 2. The molecule has 1 aromatic carbocycles. The molecule has 26 heavy (non-hydrogen) atoms. The van der Waals surface area contributed by atoms with Crippen molar-refractivity contribution in [3.05, 3.63) is 47.0 Å². The second-order valence-electron chi connectivity index (χ2n) is 6.94. The number of hydrogen-bond acceptors (Lipinski definition) is 4. The molecular weight excluding hydrogens is 340 g/mol. The minimum Gasteiger partial charge on any atom is -0.349 e. The number of carbonyl (C=O) groups is 1. The highest BCUT2D eigenvalue weighted by Gasteiger charge is 2.29. The number of carbonyl (C=O) groups excluding carboxylic acids is 1. The van der Waals surface area contributed by atoms with Crippen molar-refractivity contribution >= 4 is 5.91 Å². The Bertz CT molecular complexity index is 818. The molecule has 1 fully saturated rings. The number of benzene rings is 1. The van der Waals surface area contributed by atoms with Crippen LogP contribution in [0.25, 0.3) is 0 Å². The van der Waals surface area contributed by atoms with Crippen LogP contribution in [0.15, 0.2) is 18.2 Å². The molecule has 1 aliphatic heterocycles. The minimum absolute atomic E-state index is 0.0874. The third-order valence-electron chi connectivity index (χ3n) is 4.97. The van der Waals surface area contributed by atoms with Crippen molar-refractivity contribution in [2.24, 2.45) is 5.92 Å². The van der Waals surface area contributed by atoms with Gasteiger partial charge in [-0.25, -0.2) is 8.78 Å². The van der Waals surface area contributed by atoms with E-state index in [1.807, 2.05) is 4.57 Å². The van der Waals surface area contributed by atoms with Crippen LogP contribution in [0.4, 0.5) is 8.78 Å². The first kappa shape index (κ1) is 17.1. The molecule has 8 heteroatoms. The lowest BCUT2D eigenvalue weighted by Crippen LogP contribution is -2.28. The van der Waals surface area contributed by atoms with Gasteiger partial charge in [0.2, 0.25) is 5.91 Å². The van der Waals surface area contributed by atoms with E-state index in [2.05, 4.69) is 20.4 Å². The molecule has 2 heterocycles. The first-order chi connectivity index (χ1) is 12.6. The van der Waals surface area contributed by atoms with E-state index in [1.165, 1.54) is 12.1 Å². The fourth-order valence-electron chi connectivity index (χ4n) is 3.26. The third kappa shape index (κ3) is 3.75. The number of hydrogen-bond donors (Lipinski definition) is 1. The summed E-state index contributed by atoms with van der Waals surface area (Å²) >= 11 is 0. The minimum atomic E-state index is -0.564. The van der Waals surface area contributed by atoms with E-state index >= 15 is 0 Å². The van der Waals surface area contributed by atoms with Gasteiger partial charge in [-0.2, -0.15) is 0 Å². The summed E-state index contributed by atoms with van der Waals surface area (Å²) in [6.45, 7) is 2.93. The van der Waals surface area contributed by atoms with Gasteiger partial charge in [-0.3, -0.25) is 9.69 Å². The maximum Gasteiger partial charge on any atom is 0.223 e. The molecule has 1 N–H and O–H groups in total. The number of nitrogens with one attached hydrogen (secondary N) is 1. The molecule has 4 rings (SSSR count). The van der Waals surface area contributed by atoms with Gasteiger partial charge in [0.1, 0.15) is 17.5 Å². The molecule has 1 saturated carbocycles. The molecule has 0 saturated heterocycles. The summed E-state index contributed by atoms with van der Waals surface area (Å²) in [5, 5.41) is 11.4. The topological polar surface area (TPSA) is 63.1 Å². The third-order valence-corrected chi connectivity index (χ3v) is 4.97. The summed E-state index contributed by atoms with van der Waals surface area (Å²) in [5.74, 6) is 0.807. The first-order valence-electron chi connectivity index (χ1n) is 8.95. The molecule has 2 aliphatic rings. The molecule has 1 aliphatic carbocycles. The Morgan fingerprint density at radius 2 is 2.04 bits per heavy atom. The smallest absolute Gasteiger partial charge is 0.223 e. The predicted molar refractivity (Wildman–Crippen MR) is 89.9 cm³/mol. The Morgan fingerprint density at radius 3 is 2.81 bits per heavy atom. The van der Waals surface area contributed by atoms with Crippen molar-refractivity contribution in [1.82, 2.24) is 25.0 Å². The van der Waals surface area contributed by atoms with E-state index in [1.54, 1.807) is 0 Å². The van der Waals surface area contributed by atoms with Gasteiger partial charge in [-0.05, 0) is 18.9 Å². The summed E-state index contributed by atoms with van der Waals surface area (Å²) in [5.41, 5.74) is 0.487. The quantitative estimate of drug-likeness (QED) is 0.880. The monoisotopic (exact) mass is 361 g/mol. The lowest BCUT2D eigenvalue weighted by atomic mass is 10.2. The summed E-state index contributed by atoms with van der Waals surface area (Å²) in [6.07, 6.45) is 2.64. The molecule has 0 bridgehead atoms. The normalized spacial score (nSPS) is 17.6. The summed E-state index contributed by atoms with van der Waals surface area (Å²) in [6, 6.07) is 3.70. The first-order valence-corrected chi connectivity index (χ1v) is 8.95. The number of nitrogens with zero attached hydrogens (tertiary/aromatic N) is 4. The zero-order chi connectivity index (χ0) is 18.1. The molecule has 6 nitrogen and oxygen atoms in total. The predicted octanol–water partition coefficient (Wildman–Crippen LogP) is 1.64. The Balaban J connectivity index is 1.38. The van der Waals surface area contributed by atoms with Crippen LogP contribution in [0.5, 0.6) is 0 Å². The van der Waals surface area contributed by atoms with Crippen molar-refractivity contribution in [1.29, 1.82) is 0 Å². The van der Waals surface area contributed by atoms with Gasteiger partial charge in [0, 0.05) is 50.1 Å². The Kier molecular flexibility index (Phi) is 4.67. The van der Waals surface area contributed by atoms with Crippen LogP contribution < -0.4 is 5.32 Å². The van der Waals surface area contributed by atoms with Crippen LogP contribution in [0, 0.1) is 17.6 Å². The highest BCUT2D eigenvalue weighted by molar-refractivity contribution is 5.80. The molecule has 138 valence electrons. The van der Waals surface area contributed by atoms with Crippen LogP contribution in [-0.2, 0) is 30.8 Å². The fraction of sp³-hybridized carbons (Fsp3) is 0.500. The standard InChI is InChI=1S/C18H21F2N5O/c19-14-4-3-13(15(20)9-14)11-24-6-5-16-22-23-17(25(16)8-7-24)10-21-18(26)12-1-2-12/h3-4,9,12H,1-2,5-8,10-11H2,(H,21,26). The lowest BCUT2D eigenvalue weighted by molar-refractivity contribution is -0.122. The Labute approximate surface area is 150 Å². The van der Waals surface area contributed by atoms with Crippen molar-refractivity contribution in [3.8, 4) is 0 Å². The average molecular weight is 361 g/mol. The van der Waals surface area contributed by atoms with E-state index in [4.69, 9.17) is 0 Å². The Hall–Kier alpha value is -2.35. The van der Waals surface area contributed by atoms with E-state index in [0.717, 1.165) is 37.1 Å². The van der Waals surface area contributed by atoms with Gasteiger partial charge < -0.3 is 9.88 Å². The summed E-state index contributed by atoms with van der Waals surface area (Å²) < 4.78 is 29.0. The van der Waals surface area contributed by atoms with Crippen molar-refractivity contribution < 1.29 is 13.6 Å². The summed E-state index contributed by atoms with van der Waals surface area (Å²) in [7, 11) is 0. The number of aromatic nitrogens is 3. The number of rotatable bonds is 5. The molecule has 0 radical (unpaired) electrons. The van der Waals surface area contributed by atoms with Crippen molar-refractivity contribution in [2.75, 3.05) is 13.1 Å². The molecule has 1 aromatic heterocycles. The zero-order valence-corrected chi connectivity index (χ0v) is 14.4. The molecule has 0 spiro atoms. The molecule has 1 amide bonds. The lowest BCUT2D eigenvalue weighted by Gasteiger charge is -2.20. The molecule has 0 unspecified atom stereocenters. The number of fused-ring (bicyclic) bond motifs is 1. The van der Waals surface area contributed by atoms with Gasteiger partial charge in [0.15, 0.2) is 5.82 Å². The summed E-state index contributed by atoms with van der Waals surface area (Å²) in [4.78, 5) is 13.9. The van der Waals surface area contributed by atoms with Crippen molar-refractivity contribution in [3.63, 3.8) is 0 Å². The fourth-order valence-corrected chi connectivity index (χ4v) is 3.26. The van der Waals surface area contributed by atoms with Crippen molar-refractivity contribution in [2.45, 2.75) is 38.9 Å². The van der Waals surface area contributed by atoms with Crippen LogP contribution in [0.2, 0.25) is 0 Å². The van der Waals surface area contributed by atoms with Crippen LogP contribution >= 0.6 is 0 Å². The number of amides is 1. The van der Waals surface area contributed by atoms with Crippen LogP contribution in [-0.4, -0.2) is 38.7 Å². The van der Waals surface area contributed by atoms with Gasteiger partial charge >= 0.3 is 0 Å². The second-order valence-corrected chi connectivity index (χ2v) is 6.94. The van der Waals surface area contributed by atoms with Crippen LogP contribution in [0.1, 0.15) is 30.1 Å². The molecule has 2 aromatic rings. The average Bonchev–Trinajstić information content (AvgIpc) is 3.42. The van der Waals surface area contributed by atoms with E-state index in [9.17, 15) is 13.6 Å². The van der Waals surface area contributed by atoms with Gasteiger partial charge in [-0.15, -0.1) is 10.2 Å². The zero-order valence-electron chi connectivity index (χ0n) is 14.4. The highest BCUT2D eigenvalue weighted by Crippen LogP contribution is 2.28. The van der Waals surface area contributed by atoms with Gasteiger partial charge in [-0.1, -0.05) is 6.07 Å². The molecular formula is C18H21F2N5O. The second kappa shape index (κ2) is 7.11.